The Morgan fingerprint density at radius 3 is 2.35 bits per heavy atom. The minimum atomic E-state index is 0.816. The van der Waals surface area contributed by atoms with Crippen LogP contribution in [0.25, 0.3) is 0 Å². The lowest BCUT2D eigenvalue weighted by Crippen LogP contribution is -2.48. The fourth-order valence-corrected chi connectivity index (χ4v) is 3.87. The Bertz CT molecular complexity index is 241. The summed E-state index contributed by atoms with van der Waals surface area (Å²) < 4.78 is 5.44. The SMILES string of the molecule is CN(CC1CCOCC1)C1CC2CCC(C1)N2. The molecule has 0 aromatic heterocycles. The van der Waals surface area contributed by atoms with Crippen LogP contribution in [0.15, 0.2) is 0 Å². The molecule has 0 saturated carbocycles. The molecule has 0 amide bonds. The fraction of sp³-hybridized carbons (Fsp3) is 1.00. The van der Waals surface area contributed by atoms with Gasteiger partial charge >= 0.3 is 0 Å². The monoisotopic (exact) mass is 238 g/mol. The first-order valence-corrected chi connectivity index (χ1v) is 7.35. The summed E-state index contributed by atoms with van der Waals surface area (Å²) in [5.74, 6) is 0.876. The van der Waals surface area contributed by atoms with Crippen molar-refractivity contribution in [2.75, 3.05) is 26.8 Å². The molecular formula is C14H26N2O. The first kappa shape index (κ1) is 11.9. The molecule has 3 aliphatic heterocycles. The van der Waals surface area contributed by atoms with E-state index in [9.17, 15) is 0 Å². The molecule has 0 aliphatic carbocycles. The molecule has 3 nitrogen and oxygen atoms in total. The minimum Gasteiger partial charge on any atom is -0.381 e. The largest absolute Gasteiger partial charge is 0.381 e. The van der Waals surface area contributed by atoms with Crippen LogP contribution in [-0.2, 0) is 4.74 Å². The normalized spacial score (nSPS) is 38.8. The number of hydrogen-bond donors (Lipinski definition) is 1. The predicted molar refractivity (Wildman–Crippen MR) is 69.1 cm³/mol. The van der Waals surface area contributed by atoms with Crippen molar-refractivity contribution < 1.29 is 4.74 Å². The van der Waals surface area contributed by atoms with Crippen LogP contribution >= 0.6 is 0 Å². The van der Waals surface area contributed by atoms with Crippen LogP contribution in [0.2, 0.25) is 0 Å². The highest BCUT2D eigenvalue weighted by atomic mass is 16.5. The molecule has 3 aliphatic rings. The molecule has 17 heavy (non-hydrogen) atoms. The number of piperidine rings is 1. The molecule has 3 saturated heterocycles. The quantitative estimate of drug-likeness (QED) is 0.809. The van der Waals surface area contributed by atoms with Gasteiger partial charge in [-0.05, 0) is 51.5 Å². The van der Waals surface area contributed by atoms with Crippen molar-refractivity contribution in [3.8, 4) is 0 Å². The van der Waals surface area contributed by atoms with Gasteiger partial charge in [0, 0.05) is 37.9 Å². The molecule has 0 aromatic carbocycles. The minimum absolute atomic E-state index is 0.816. The Morgan fingerprint density at radius 2 is 1.71 bits per heavy atom. The highest BCUT2D eigenvalue weighted by molar-refractivity contribution is 4.95. The number of nitrogens with one attached hydrogen (secondary N) is 1. The second-order valence-corrected chi connectivity index (χ2v) is 6.26. The zero-order valence-electron chi connectivity index (χ0n) is 11.0. The smallest absolute Gasteiger partial charge is 0.0469 e. The van der Waals surface area contributed by atoms with E-state index in [-0.39, 0.29) is 0 Å². The lowest BCUT2D eigenvalue weighted by atomic mass is 9.95. The number of hydrogen-bond acceptors (Lipinski definition) is 3. The molecule has 3 heterocycles. The maximum absolute atomic E-state index is 5.44. The van der Waals surface area contributed by atoms with E-state index in [0.717, 1.165) is 37.3 Å². The van der Waals surface area contributed by atoms with Gasteiger partial charge in [0.15, 0.2) is 0 Å². The van der Waals surface area contributed by atoms with Gasteiger partial charge in [0.25, 0.3) is 0 Å². The van der Waals surface area contributed by atoms with Gasteiger partial charge in [0.05, 0.1) is 0 Å². The van der Waals surface area contributed by atoms with E-state index in [0.29, 0.717) is 0 Å². The van der Waals surface area contributed by atoms with Gasteiger partial charge in [-0.2, -0.15) is 0 Å². The van der Waals surface area contributed by atoms with Crippen molar-refractivity contribution in [1.29, 1.82) is 0 Å². The molecular weight excluding hydrogens is 212 g/mol. The lowest BCUT2D eigenvalue weighted by molar-refractivity contribution is 0.0459. The molecule has 0 spiro atoms. The van der Waals surface area contributed by atoms with Crippen molar-refractivity contribution >= 4 is 0 Å². The number of nitrogens with zero attached hydrogens (tertiary/aromatic N) is 1. The summed E-state index contributed by atoms with van der Waals surface area (Å²) in [6.07, 6.45) is 8.09. The van der Waals surface area contributed by atoms with E-state index in [1.165, 1.54) is 45.1 Å². The third-order valence-corrected chi connectivity index (χ3v) is 4.96. The third kappa shape index (κ3) is 2.83. The Kier molecular flexibility index (Phi) is 3.69. The Morgan fingerprint density at radius 1 is 1.06 bits per heavy atom. The van der Waals surface area contributed by atoms with E-state index in [4.69, 9.17) is 4.74 Å². The summed E-state index contributed by atoms with van der Waals surface area (Å²) in [4.78, 5) is 2.64. The maximum atomic E-state index is 5.44. The van der Waals surface area contributed by atoms with Crippen molar-refractivity contribution in [1.82, 2.24) is 10.2 Å². The zero-order valence-corrected chi connectivity index (χ0v) is 11.0. The molecule has 2 bridgehead atoms. The van der Waals surface area contributed by atoms with E-state index in [2.05, 4.69) is 17.3 Å². The van der Waals surface area contributed by atoms with E-state index in [1.807, 2.05) is 0 Å². The van der Waals surface area contributed by atoms with E-state index in [1.54, 1.807) is 0 Å². The van der Waals surface area contributed by atoms with Gasteiger partial charge in [0.1, 0.15) is 0 Å². The van der Waals surface area contributed by atoms with Crippen LogP contribution < -0.4 is 5.32 Å². The number of fused-ring (bicyclic) bond motifs is 2. The van der Waals surface area contributed by atoms with Crippen molar-refractivity contribution in [3.05, 3.63) is 0 Å². The van der Waals surface area contributed by atoms with Crippen LogP contribution in [0.4, 0.5) is 0 Å². The molecule has 1 N–H and O–H groups in total. The van der Waals surface area contributed by atoms with Crippen LogP contribution in [0.1, 0.15) is 38.5 Å². The summed E-state index contributed by atoms with van der Waals surface area (Å²) in [5.41, 5.74) is 0. The van der Waals surface area contributed by atoms with Crippen molar-refractivity contribution in [2.24, 2.45) is 5.92 Å². The maximum Gasteiger partial charge on any atom is 0.0469 e. The average molecular weight is 238 g/mol. The second kappa shape index (κ2) is 5.25. The Balaban J connectivity index is 1.49. The van der Waals surface area contributed by atoms with Gasteiger partial charge in [-0.15, -0.1) is 0 Å². The molecule has 3 rings (SSSR count). The second-order valence-electron chi connectivity index (χ2n) is 6.26. The van der Waals surface area contributed by atoms with Crippen molar-refractivity contribution in [2.45, 2.75) is 56.7 Å². The summed E-state index contributed by atoms with van der Waals surface area (Å²) in [7, 11) is 2.34. The van der Waals surface area contributed by atoms with Crippen molar-refractivity contribution in [3.63, 3.8) is 0 Å². The number of ether oxygens (including phenoxy) is 1. The molecule has 3 heteroatoms. The Hall–Kier alpha value is -0.120. The predicted octanol–water partition coefficient (Wildman–Crippen LogP) is 1.63. The van der Waals surface area contributed by atoms with Gasteiger partial charge in [-0.25, -0.2) is 0 Å². The average Bonchev–Trinajstić information content (AvgIpc) is 2.69. The summed E-state index contributed by atoms with van der Waals surface area (Å²) in [5, 5.41) is 3.73. The highest BCUT2D eigenvalue weighted by Gasteiger charge is 2.35. The topological polar surface area (TPSA) is 24.5 Å². The van der Waals surface area contributed by atoms with Crippen LogP contribution in [0.5, 0.6) is 0 Å². The standard InChI is InChI=1S/C14H26N2O/c1-16(10-11-4-6-17-7-5-11)14-8-12-2-3-13(9-14)15-12/h11-15H,2-10H2,1H3. The van der Waals surface area contributed by atoms with Crippen LogP contribution in [-0.4, -0.2) is 49.8 Å². The molecule has 0 aromatic rings. The first-order chi connectivity index (χ1) is 8.31. The molecule has 0 radical (unpaired) electrons. The van der Waals surface area contributed by atoms with Crippen LogP contribution in [0.3, 0.4) is 0 Å². The van der Waals surface area contributed by atoms with Gasteiger partial charge < -0.3 is 15.0 Å². The highest BCUT2D eigenvalue weighted by Crippen LogP contribution is 2.30. The molecule has 2 atom stereocenters. The van der Waals surface area contributed by atoms with E-state index < -0.39 is 0 Å². The van der Waals surface area contributed by atoms with Gasteiger partial charge in [-0.1, -0.05) is 0 Å². The van der Waals surface area contributed by atoms with Gasteiger partial charge in [-0.3, -0.25) is 0 Å². The molecule has 2 unspecified atom stereocenters. The van der Waals surface area contributed by atoms with Gasteiger partial charge in [0.2, 0.25) is 0 Å². The first-order valence-electron chi connectivity index (χ1n) is 7.35. The number of rotatable bonds is 3. The Labute approximate surface area is 105 Å². The zero-order chi connectivity index (χ0) is 11.7. The molecule has 98 valence electrons. The third-order valence-electron chi connectivity index (χ3n) is 4.96. The summed E-state index contributed by atoms with van der Waals surface area (Å²) in [6.45, 7) is 3.25. The van der Waals surface area contributed by atoms with Crippen LogP contribution in [0, 0.1) is 5.92 Å². The summed E-state index contributed by atoms with van der Waals surface area (Å²) in [6, 6.07) is 2.46. The summed E-state index contributed by atoms with van der Waals surface area (Å²) >= 11 is 0. The van der Waals surface area contributed by atoms with E-state index >= 15 is 0 Å². The lowest BCUT2D eigenvalue weighted by Gasteiger charge is -2.37. The fourth-order valence-electron chi connectivity index (χ4n) is 3.87. The molecule has 3 fully saturated rings.